The summed E-state index contributed by atoms with van der Waals surface area (Å²) in [5, 5.41) is 8.83. The Hall–Kier alpha value is -1.55. The Kier molecular flexibility index (Phi) is 30.0. The van der Waals surface area contributed by atoms with E-state index in [-0.39, 0.29) is 13.0 Å². The number of nitrogens with two attached hydrogens (primary N) is 1. The summed E-state index contributed by atoms with van der Waals surface area (Å²) >= 11 is 0. The van der Waals surface area contributed by atoms with Crippen LogP contribution in [0.1, 0.15) is 142 Å². The fourth-order valence-corrected chi connectivity index (χ4v) is 5.20. The molecule has 45 heavy (non-hydrogen) atoms. The number of hydrogen-bond donors (Lipinski definition) is 3. The molecule has 264 valence electrons. The maximum absolute atomic E-state index is 12.5. The normalized spacial score (nSPS) is 14.6. The molecule has 0 amide bonds. The van der Waals surface area contributed by atoms with E-state index in [0.29, 0.717) is 13.0 Å². The monoisotopic (exact) mass is 661 g/mol. The van der Waals surface area contributed by atoms with Gasteiger partial charge in [0.05, 0.1) is 19.8 Å². The Bertz CT molecular complexity index is 821. The first-order valence-electron chi connectivity index (χ1n) is 17.4. The highest BCUT2D eigenvalue weighted by atomic mass is 31.2. The van der Waals surface area contributed by atoms with Gasteiger partial charge in [-0.15, -0.1) is 0 Å². The highest BCUT2D eigenvalue weighted by molar-refractivity contribution is 7.47. The molecule has 0 aliphatic carbocycles. The summed E-state index contributed by atoms with van der Waals surface area (Å²) in [4.78, 5) is 33.2. The van der Waals surface area contributed by atoms with Gasteiger partial charge in [-0.2, -0.15) is 0 Å². The first kappa shape index (κ1) is 43.5. The number of phosphoric ester groups is 1. The lowest BCUT2D eigenvalue weighted by Crippen LogP contribution is -2.34. The second-order valence-corrected chi connectivity index (χ2v) is 13.1. The van der Waals surface area contributed by atoms with Crippen molar-refractivity contribution < 1.29 is 42.7 Å². The van der Waals surface area contributed by atoms with Crippen LogP contribution in [0.2, 0.25) is 0 Å². The summed E-state index contributed by atoms with van der Waals surface area (Å²) in [5.74, 6) is -1.79. The molecule has 0 bridgehead atoms. The summed E-state index contributed by atoms with van der Waals surface area (Å²) in [5.41, 5.74) is 5.32. The minimum absolute atomic E-state index is 0.0104. The van der Waals surface area contributed by atoms with E-state index in [0.717, 1.165) is 70.6 Å². The van der Waals surface area contributed by atoms with Gasteiger partial charge in [0, 0.05) is 13.0 Å². The van der Waals surface area contributed by atoms with Crippen molar-refractivity contribution >= 4 is 19.8 Å². The molecule has 0 fully saturated rings. The van der Waals surface area contributed by atoms with Crippen LogP contribution in [0, 0.1) is 0 Å². The van der Waals surface area contributed by atoms with Crippen LogP contribution < -0.4 is 5.73 Å². The van der Waals surface area contributed by atoms with Crippen molar-refractivity contribution in [2.45, 2.75) is 154 Å². The predicted octanol–water partition coefficient (Wildman–Crippen LogP) is 8.41. The minimum atomic E-state index is -4.60. The van der Waals surface area contributed by atoms with Crippen molar-refractivity contribution in [2.24, 2.45) is 5.73 Å². The zero-order valence-corrected chi connectivity index (χ0v) is 29.1. The van der Waals surface area contributed by atoms with Crippen LogP contribution >= 0.6 is 7.82 Å². The maximum atomic E-state index is 12.5. The van der Waals surface area contributed by atoms with E-state index in [4.69, 9.17) is 24.8 Å². The standard InChI is InChI=1S/C34H64NO9P/c1-3-5-7-9-11-13-15-16-18-20-22-24-26-33(36)44-31(29-42-45(39,40)43-30-32(35)34(37)38)28-41-27-25-23-21-19-17-14-12-10-8-6-4-2/h8,10-11,13,31-32H,3-7,9,12,14-30,35H2,1-2H3,(H,37,38)(H,39,40)/b10-8-,13-11-. The lowest BCUT2D eigenvalue weighted by atomic mass is 10.1. The van der Waals surface area contributed by atoms with Crippen LogP contribution in [-0.4, -0.2) is 60.5 Å². The number of esters is 1. The first-order chi connectivity index (χ1) is 21.7. The molecule has 0 spiro atoms. The van der Waals surface area contributed by atoms with Crippen molar-refractivity contribution in [1.29, 1.82) is 0 Å². The van der Waals surface area contributed by atoms with Gasteiger partial charge in [-0.05, 0) is 57.8 Å². The lowest BCUT2D eigenvalue weighted by Gasteiger charge is -2.20. The van der Waals surface area contributed by atoms with E-state index in [1.165, 1.54) is 44.9 Å². The number of aliphatic carboxylic acids is 1. The van der Waals surface area contributed by atoms with Gasteiger partial charge in [0.1, 0.15) is 12.1 Å². The molecule has 3 atom stereocenters. The number of allylic oxidation sites excluding steroid dienone is 4. The number of carbonyl (C=O) groups excluding carboxylic acids is 1. The van der Waals surface area contributed by atoms with Crippen molar-refractivity contribution in [3.8, 4) is 0 Å². The number of carboxylic acids is 1. The van der Waals surface area contributed by atoms with Crippen LogP contribution in [0.15, 0.2) is 24.3 Å². The quantitative estimate of drug-likeness (QED) is 0.0270. The number of rotatable bonds is 33. The molecular weight excluding hydrogens is 597 g/mol. The number of hydrogen-bond acceptors (Lipinski definition) is 8. The van der Waals surface area contributed by atoms with Gasteiger partial charge in [0.2, 0.25) is 0 Å². The second kappa shape index (κ2) is 31.1. The minimum Gasteiger partial charge on any atom is -0.480 e. The van der Waals surface area contributed by atoms with Gasteiger partial charge in [0.25, 0.3) is 0 Å². The lowest BCUT2D eigenvalue weighted by molar-refractivity contribution is -0.154. The Balaban J connectivity index is 4.38. The Labute approximate surface area is 273 Å². The molecule has 10 nitrogen and oxygen atoms in total. The maximum Gasteiger partial charge on any atom is 0.472 e. The molecule has 0 aromatic carbocycles. The molecular formula is C34H64NO9P. The molecule has 3 unspecified atom stereocenters. The largest absolute Gasteiger partial charge is 0.480 e. The van der Waals surface area contributed by atoms with E-state index in [2.05, 4.69) is 42.7 Å². The number of phosphoric acid groups is 1. The van der Waals surface area contributed by atoms with Crippen molar-refractivity contribution in [3.05, 3.63) is 24.3 Å². The molecule has 0 aliphatic rings. The molecule has 11 heteroatoms. The number of ether oxygens (including phenoxy) is 2. The predicted molar refractivity (Wildman–Crippen MR) is 180 cm³/mol. The summed E-state index contributed by atoms with van der Waals surface area (Å²) < 4.78 is 33.1. The zero-order chi connectivity index (χ0) is 33.4. The van der Waals surface area contributed by atoms with Gasteiger partial charge in [-0.25, -0.2) is 4.57 Å². The van der Waals surface area contributed by atoms with E-state index in [1.54, 1.807) is 0 Å². The van der Waals surface area contributed by atoms with Gasteiger partial charge in [-0.1, -0.05) is 102 Å². The Morgan fingerprint density at radius 1 is 0.689 bits per heavy atom. The van der Waals surface area contributed by atoms with E-state index >= 15 is 0 Å². The molecule has 0 saturated heterocycles. The number of carbonyl (C=O) groups is 2. The third kappa shape index (κ3) is 30.8. The van der Waals surface area contributed by atoms with Gasteiger partial charge >= 0.3 is 19.8 Å². The van der Waals surface area contributed by atoms with Crippen LogP contribution in [0.5, 0.6) is 0 Å². The number of unbranched alkanes of at least 4 members (excludes halogenated alkanes) is 15. The summed E-state index contributed by atoms with van der Waals surface area (Å²) in [6.45, 7) is 3.75. The van der Waals surface area contributed by atoms with E-state index in [9.17, 15) is 19.0 Å². The molecule has 0 aromatic heterocycles. The van der Waals surface area contributed by atoms with Gasteiger partial charge in [0.15, 0.2) is 0 Å². The van der Waals surface area contributed by atoms with Crippen molar-refractivity contribution in [3.63, 3.8) is 0 Å². The van der Waals surface area contributed by atoms with Crippen LogP contribution in [0.3, 0.4) is 0 Å². The van der Waals surface area contributed by atoms with Crippen LogP contribution in [0.25, 0.3) is 0 Å². The SMILES string of the molecule is CCC/C=C\CCCCCCCCOCC(COP(=O)(O)OCC(N)C(=O)O)OC(=O)CCCCCCC/C=C\CCCCC. The first-order valence-corrected chi connectivity index (χ1v) is 18.9. The molecule has 0 radical (unpaired) electrons. The van der Waals surface area contributed by atoms with Crippen molar-refractivity contribution in [1.82, 2.24) is 0 Å². The molecule has 0 aliphatic heterocycles. The van der Waals surface area contributed by atoms with Crippen molar-refractivity contribution in [2.75, 3.05) is 26.4 Å². The van der Waals surface area contributed by atoms with Gasteiger partial charge < -0.3 is 25.2 Å². The topological polar surface area (TPSA) is 155 Å². The zero-order valence-electron chi connectivity index (χ0n) is 28.2. The molecule has 0 aromatic rings. The Morgan fingerprint density at radius 2 is 1.20 bits per heavy atom. The summed E-state index contributed by atoms with van der Waals surface area (Å²) in [6, 6.07) is -1.47. The number of carboxylic acid groups (broad SMARTS) is 1. The second-order valence-electron chi connectivity index (χ2n) is 11.6. The Morgan fingerprint density at radius 3 is 1.78 bits per heavy atom. The summed E-state index contributed by atoms with van der Waals surface area (Å²) in [6.07, 6.45) is 29.5. The van der Waals surface area contributed by atoms with E-state index < -0.39 is 45.1 Å². The van der Waals surface area contributed by atoms with Gasteiger partial charge in [-0.3, -0.25) is 18.6 Å². The van der Waals surface area contributed by atoms with Crippen LogP contribution in [-0.2, 0) is 32.7 Å². The molecule has 0 heterocycles. The molecule has 4 N–H and O–H groups in total. The fraction of sp³-hybridized carbons (Fsp3) is 0.824. The smallest absolute Gasteiger partial charge is 0.472 e. The summed E-state index contributed by atoms with van der Waals surface area (Å²) in [7, 11) is -4.60. The molecule has 0 rings (SSSR count). The van der Waals surface area contributed by atoms with Crippen LogP contribution in [0.4, 0.5) is 0 Å². The third-order valence-electron chi connectivity index (χ3n) is 7.18. The molecule has 0 saturated carbocycles. The fourth-order valence-electron chi connectivity index (χ4n) is 4.42. The third-order valence-corrected chi connectivity index (χ3v) is 8.13. The highest BCUT2D eigenvalue weighted by Gasteiger charge is 2.27. The average molecular weight is 662 g/mol. The highest BCUT2D eigenvalue weighted by Crippen LogP contribution is 2.43. The van der Waals surface area contributed by atoms with E-state index in [1.807, 2.05) is 0 Å². The average Bonchev–Trinajstić information content (AvgIpc) is 3.01.